The summed E-state index contributed by atoms with van der Waals surface area (Å²) in [5, 5.41) is 3.61. The first-order chi connectivity index (χ1) is 9.32. The summed E-state index contributed by atoms with van der Waals surface area (Å²) in [4.78, 5) is 0. The SMILES string of the molecule is COCCNCC1(Cc2ccoc2)CC2CCC1C2. The van der Waals surface area contributed by atoms with Gasteiger partial charge in [0.15, 0.2) is 0 Å². The summed E-state index contributed by atoms with van der Waals surface area (Å²) >= 11 is 0. The van der Waals surface area contributed by atoms with Gasteiger partial charge in [0, 0.05) is 20.2 Å². The molecule has 3 heteroatoms. The van der Waals surface area contributed by atoms with Crippen LogP contribution >= 0.6 is 0 Å². The highest BCUT2D eigenvalue weighted by Gasteiger charge is 2.50. The lowest BCUT2D eigenvalue weighted by atomic mass is 9.69. The zero-order valence-corrected chi connectivity index (χ0v) is 11.9. The maximum atomic E-state index is 5.25. The Morgan fingerprint density at radius 3 is 3.05 bits per heavy atom. The van der Waals surface area contributed by atoms with Crippen molar-refractivity contribution >= 4 is 0 Å². The highest BCUT2D eigenvalue weighted by atomic mass is 16.5. The van der Waals surface area contributed by atoms with Crippen LogP contribution in [-0.2, 0) is 11.2 Å². The van der Waals surface area contributed by atoms with E-state index in [2.05, 4.69) is 11.4 Å². The van der Waals surface area contributed by atoms with E-state index in [-0.39, 0.29) is 0 Å². The number of nitrogens with one attached hydrogen (secondary N) is 1. The molecule has 0 aromatic carbocycles. The minimum absolute atomic E-state index is 0.459. The van der Waals surface area contributed by atoms with E-state index in [1.807, 2.05) is 6.26 Å². The monoisotopic (exact) mass is 263 g/mol. The Labute approximate surface area is 115 Å². The molecule has 0 radical (unpaired) electrons. The van der Waals surface area contributed by atoms with E-state index in [9.17, 15) is 0 Å². The molecule has 2 aliphatic carbocycles. The second-order valence-electron chi connectivity index (χ2n) is 6.42. The van der Waals surface area contributed by atoms with Crippen molar-refractivity contribution in [2.45, 2.75) is 32.1 Å². The molecule has 1 aromatic heterocycles. The minimum atomic E-state index is 0.459. The molecule has 2 aliphatic rings. The molecule has 3 rings (SSSR count). The average molecular weight is 263 g/mol. The molecule has 1 N–H and O–H groups in total. The molecule has 19 heavy (non-hydrogen) atoms. The standard InChI is InChI=1S/C16H25NO2/c1-18-7-5-17-12-16(10-14-4-6-19-11-14)9-13-2-3-15(16)8-13/h4,6,11,13,15,17H,2-3,5,7-10,12H2,1H3. The van der Waals surface area contributed by atoms with Gasteiger partial charge in [-0.2, -0.15) is 0 Å². The Kier molecular flexibility index (Phi) is 3.94. The quantitative estimate of drug-likeness (QED) is 0.768. The predicted molar refractivity (Wildman–Crippen MR) is 75.0 cm³/mol. The number of methoxy groups -OCH3 is 1. The number of fused-ring (bicyclic) bond motifs is 2. The van der Waals surface area contributed by atoms with E-state index in [0.29, 0.717) is 5.41 Å². The summed E-state index contributed by atoms with van der Waals surface area (Å²) in [7, 11) is 1.76. The summed E-state index contributed by atoms with van der Waals surface area (Å²) < 4.78 is 10.4. The maximum absolute atomic E-state index is 5.25. The number of hydrogen-bond acceptors (Lipinski definition) is 3. The van der Waals surface area contributed by atoms with E-state index in [0.717, 1.165) is 31.5 Å². The van der Waals surface area contributed by atoms with Crippen LogP contribution in [0.15, 0.2) is 23.0 Å². The molecule has 2 bridgehead atoms. The van der Waals surface area contributed by atoms with E-state index in [1.165, 1.54) is 37.7 Å². The summed E-state index contributed by atoms with van der Waals surface area (Å²) in [6, 6.07) is 2.13. The topological polar surface area (TPSA) is 34.4 Å². The van der Waals surface area contributed by atoms with Crippen molar-refractivity contribution < 1.29 is 9.15 Å². The fourth-order valence-electron chi connectivity index (χ4n) is 4.36. The van der Waals surface area contributed by atoms with Gasteiger partial charge in [-0.3, -0.25) is 0 Å². The fraction of sp³-hybridized carbons (Fsp3) is 0.750. The second-order valence-corrected chi connectivity index (χ2v) is 6.42. The zero-order valence-electron chi connectivity index (χ0n) is 11.9. The van der Waals surface area contributed by atoms with Crippen LogP contribution in [0.4, 0.5) is 0 Å². The number of furan rings is 1. The van der Waals surface area contributed by atoms with Gasteiger partial charge in [0.25, 0.3) is 0 Å². The van der Waals surface area contributed by atoms with E-state index >= 15 is 0 Å². The smallest absolute Gasteiger partial charge is 0.0934 e. The third kappa shape index (κ3) is 2.72. The van der Waals surface area contributed by atoms with Crippen LogP contribution < -0.4 is 5.32 Å². The number of rotatable bonds is 7. The molecular weight excluding hydrogens is 238 g/mol. The molecule has 1 heterocycles. The van der Waals surface area contributed by atoms with Crippen molar-refractivity contribution in [3.8, 4) is 0 Å². The highest BCUT2D eigenvalue weighted by molar-refractivity contribution is 5.13. The van der Waals surface area contributed by atoms with Crippen LogP contribution in [0.5, 0.6) is 0 Å². The van der Waals surface area contributed by atoms with Crippen LogP contribution in [0.1, 0.15) is 31.2 Å². The van der Waals surface area contributed by atoms with Crippen LogP contribution in [-0.4, -0.2) is 26.8 Å². The van der Waals surface area contributed by atoms with Gasteiger partial charge in [0.2, 0.25) is 0 Å². The maximum Gasteiger partial charge on any atom is 0.0934 e. The van der Waals surface area contributed by atoms with Crippen molar-refractivity contribution in [3.63, 3.8) is 0 Å². The lowest BCUT2D eigenvalue weighted by molar-refractivity contribution is 0.145. The first kappa shape index (κ1) is 13.2. The van der Waals surface area contributed by atoms with Crippen LogP contribution in [0.3, 0.4) is 0 Å². The van der Waals surface area contributed by atoms with Crippen molar-refractivity contribution in [3.05, 3.63) is 24.2 Å². The van der Waals surface area contributed by atoms with Crippen LogP contribution in [0.25, 0.3) is 0 Å². The van der Waals surface area contributed by atoms with Gasteiger partial charge in [-0.05, 0) is 54.6 Å². The second kappa shape index (κ2) is 5.68. The van der Waals surface area contributed by atoms with Crippen molar-refractivity contribution in [2.75, 3.05) is 26.8 Å². The molecule has 3 nitrogen and oxygen atoms in total. The average Bonchev–Trinajstić information content (AvgIpc) is 3.11. The molecule has 0 saturated heterocycles. The molecule has 3 unspecified atom stereocenters. The largest absolute Gasteiger partial charge is 0.472 e. The van der Waals surface area contributed by atoms with Gasteiger partial charge in [0.1, 0.15) is 0 Å². The third-order valence-corrected chi connectivity index (χ3v) is 5.20. The molecule has 2 fully saturated rings. The Hall–Kier alpha value is -0.800. The molecular formula is C16H25NO2. The molecule has 3 atom stereocenters. The van der Waals surface area contributed by atoms with Crippen LogP contribution in [0.2, 0.25) is 0 Å². The van der Waals surface area contributed by atoms with E-state index < -0.39 is 0 Å². The normalized spacial score (nSPS) is 33.1. The molecule has 0 aliphatic heterocycles. The summed E-state index contributed by atoms with van der Waals surface area (Å²) in [5.41, 5.74) is 1.82. The molecule has 0 spiro atoms. The molecule has 106 valence electrons. The lowest BCUT2D eigenvalue weighted by Gasteiger charge is -2.38. The minimum Gasteiger partial charge on any atom is -0.472 e. The number of ether oxygens (including phenoxy) is 1. The predicted octanol–water partition coefficient (Wildman–Crippen LogP) is 2.86. The molecule has 1 aromatic rings. The Morgan fingerprint density at radius 1 is 1.47 bits per heavy atom. The van der Waals surface area contributed by atoms with Crippen molar-refractivity contribution in [1.29, 1.82) is 0 Å². The van der Waals surface area contributed by atoms with Gasteiger partial charge in [0.05, 0.1) is 19.1 Å². The van der Waals surface area contributed by atoms with E-state index in [4.69, 9.17) is 9.15 Å². The van der Waals surface area contributed by atoms with E-state index in [1.54, 1.807) is 13.4 Å². The molecule has 2 saturated carbocycles. The first-order valence-electron chi connectivity index (χ1n) is 7.53. The van der Waals surface area contributed by atoms with Gasteiger partial charge < -0.3 is 14.5 Å². The van der Waals surface area contributed by atoms with Gasteiger partial charge in [-0.1, -0.05) is 6.42 Å². The lowest BCUT2D eigenvalue weighted by Crippen LogP contribution is -2.41. The molecule has 0 amide bonds. The Morgan fingerprint density at radius 2 is 2.42 bits per heavy atom. The van der Waals surface area contributed by atoms with Crippen molar-refractivity contribution in [1.82, 2.24) is 5.32 Å². The number of hydrogen-bond donors (Lipinski definition) is 1. The fourth-order valence-corrected chi connectivity index (χ4v) is 4.36. The van der Waals surface area contributed by atoms with Gasteiger partial charge in [-0.15, -0.1) is 0 Å². The van der Waals surface area contributed by atoms with Gasteiger partial charge in [-0.25, -0.2) is 0 Å². The first-order valence-corrected chi connectivity index (χ1v) is 7.53. The van der Waals surface area contributed by atoms with Crippen molar-refractivity contribution in [2.24, 2.45) is 17.3 Å². The summed E-state index contributed by atoms with van der Waals surface area (Å²) in [6.45, 7) is 2.89. The Balaban J connectivity index is 1.65. The third-order valence-electron chi connectivity index (χ3n) is 5.20. The van der Waals surface area contributed by atoms with Crippen LogP contribution in [0, 0.1) is 17.3 Å². The van der Waals surface area contributed by atoms with Gasteiger partial charge >= 0.3 is 0 Å². The highest BCUT2D eigenvalue weighted by Crippen LogP contribution is 2.57. The Bertz CT molecular complexity index is 389. The zero-order chi connectivity index (χ0) is 13.1. The summed E-state index contributed by atoms with van der Waals surface area (Å²) in [5.74, 6) is 1.88. The summed E-state index contributed by atoms with van der Waals surface area (Å²) in [6.07, 6.45) is 10.6.